The molecule has 2 aromatic heterocycles. The number of halogens is 3. The van der Waals surface area contributed by atoms with Gasteiger partial charge >= 0.3 is 6.18 Å². The number of amides is 1. The second-order valence-corrected chi connectivity index (χ2v) is 5.41. The van der Waals surface area contributed by atoms with E-state index in [0.717, 1.165) is 18.0 Å². The highest BCUT2D eigenvalue weighted by atomic mass is 19.4. The van der Waals surface area contributed by atoms with E-state index in [9.17, 15) is 18.0 Å². The lowest BCUT2D eigenvalue weighted by atomic mass is 10.2. The van der Waals surface area contributed by atoms with Crippen LogP contribution in [0.3, 0.4) is 0 Å². The van der Waals surface area contributed by atoms with Crippen molar-refractivity contribution in [2.24, 2.45) is 0 Å². The first-order valence-electron chi connectivity index (χ1n) is 7.42. The maximum absolute atomic E-state index is 12.5. The van der Waals surface area contributed by atoms with Crippen LogP contribution in [-0.4, -0.2) is 47.0 Å². The molecular weight excluding hydrogens is 321 g/mol. The first-order chi connectivity index (χ1) is 11.4. The van der Waals surface area contributed by atoms with Crippen LogP contribution in [0, 0.1) is 0 Å². The van der Waals surface area contributed by atoms with Gasteiger partial charge in [-0.15, -0.1) is 0 Å². The van der Waals surface area contributed by atoms with Gasteiger partial charge in [0.1, 0.15) is 5.69 Å². The van der Waals surface area contributed by atoms with Crippen molar-refractivity contribution < 1.29 is 18.0 Å². The highest BCUT2D eigenvalue weighted by Crippen LogP contribution is 2.27. The summed E-state index contributed by atoms with van der Waals surface area (Å²) in [5.41, 5.74) is 0.204. The standard InChI is InChI=1S/C16H15F3N4O/c17-16(18,19)14-2-1-12(11-21-14)15(24)23-9-7-22(8-10-23)13-3-5-20-6-4-13/h1-6,11H,7-10H2. The number of hydrogen-bond acceptors (Lipinski definition) is 4. The van der Waals surface area contributed by atoms with E-state index < -0.39 is 11.9 Å². The molecule has 8 heteroatoms. The number of rotatable bonds is 2. The van der Waals surface area contributed by atoms with Gasteiger partial charge in [-0.3, -0.25) is 14.8 Å². The predicted octanol–water partition coefficient (Wildman–Crippen LogP) is 2.46. The van der Waals surface area contributed by atoms with Crippen molar-refractivity contribution in [3.05, 3.63) is 54.1 Å². The average molecular weight is 336 g/mol. The fourth-order valence-corrected chi connectivity index (χ4v) is 2.59. The molecule has 1 aliphatic heterocycles. The topological polar surface area (TPSA) is 49.3 Å². The quantitative estimate of drug-likeness (QED) is 0.845. The summed E-state index contributed by atoms with van der Waals surface area (Å²) in [6.07, 6.45) is -0.0976. The van der Waals surface area contributed by atoms with E-state index in [1.165, 1.54) is 6.07 Å². The Morgan fingerprint density at radius 1 is 1.00 bits per heavy atom. The van der Waals surface area contributed by atoms with Crippen molar-refractivity contribution in [3.8, 4) is 0 Å². The summed E-state index contributed by atoms with van der Waals surface area (Å²) < 4.78 is 37.5. The van der Waals surface area contributed by atoms with Crippen LogP contribution >= 0.6 is 0 Å². The zero-order valence-electron chi connectivity index (χ0n) is 12.7. The predicted molar refractivity (Wildman–Crippen MR) is 81.6 cm³/mol. The maximum Gasteiger partial charge on any atom is 0.433 e. The number of nitrogens with zero attached hydrogens (tertiary/aromatic N) is 4. The van der Waals surface area contributed by atoms with Gasteiger partial charge in [-0.25, -0.2) is 0 Å². The van der Waals surface area contributed by atoms with E-state index in [-0.39, 0.29) is 11.5 Å². The van der Waals surface area contributed by atoms with E-state index >= 15 is 0 Å². The molecule has 1 saturated heterocycles. The largest absolute Gasteiger partial charge is 0.433 e. The van der Waals surface area contributed by atoms with Crippen LogP contribution in [0.4, 0.5) is 18.9 Å². The Bertz CT molecular complexity index is 696. The Morgan fingerprint density at radius 2 is 1.67 bits per heavy atom. The van der Waals surface area contributed by atoms with Crippen molar-refractivity contribution in [3.63, 3.8) is 0 Å². The zero-order valence-corrected chi connectivity index (χ0v) is 12.7. The average Bonchev–Trinajstić information content (AvgIpc) is 2.61. The molecule has 0 spiro atoms. The van der Waals surface area contributed by atoms with Crippen LogP contribution in [-0.2, 0) is 6.18 Å². The lowest BCUT2D eigenvalue weighted by Gasteiger charge is -2.36. The molecule has 0 saturated carbocycles. The molecule has 0 unspecified atom stereocenters. The van der Waals surface area contributed by atoms with Gasteiger partial charge in [0.2, 0.25) is 0 Å². The first-order valence-corrected chi connectivity index (χ1v) is 7.42. The highest BCUT2D eigenvalue weighted by Gasteiger charge is 2.32. The zero-order chi connectivity index (χ0) is 17.2. The lowest BCUT2D eigenvalue weighted by Crippen LogP contribution is -2.48. The molecule has 1 fully saturated rings. The van der Waals surface area contributed by atoms with Crippen LogP contribution in [0.15, 0.2) is 42.9 Å². The van der Waals surface area contributed by atoms with Crippen molar-refractivity contribution in [2.75, 3.05) is 31.1 Å². The van der Waals surface area contributed by atoms with Gasteiger partial charge in [0, 0.05) is 50.5 Å². The molecule has 126 valence electrons. The minimum absolute atomic E-state index is 0.167. The van der Waals surface area contributed by atoms with E-state index in [0.29, 0.717) is 26.2 Å². The van der Waals surface area contributed by atoms with Gasteiger partial charge in [0.15, 0.2) is 0 Å². The monoisotopic (exact) mass is 336 g/mol. The molecule has 0 radical (unpaired) electrons. The molecule has 1 aliphatic rings. The van der Waals surface area contributed by atoms with Crippen molar-refractivity contribution >= 4 is 11.6 Å². The van der Waals surface area contributed by atoms with Crippen LogP contribution in [0.2, 0.25) is 0 Å². The van der Waals surface area contributed by atoms with E-state index in [2.05, 4.69) is 14.9 Å². The summed E-state index contributed by atoms with van der Waals surface area (Å²) in [6.45, 7) is 2.32. The summed E-state index contributed by atoms with van der Waals surface area (Å²) in [5, 5.41) is 0. The summed E-state index contributed by atoms with van der Waals surface area (Å²) in [6, 6.07) is 5.81. The van der Waals surface area contributed by atoms with Crippen LogP contribution in [0.1, 0.15) is 16.1 Å². The normalized spacial score (nSPS) is 15.5. The Balaban J connectivity index is 1.63. The van der Waals surface area contributed by atoms with Crippen LogP contribution < -0.4 is 4.90 Å². The SMILES string of the molecule is O=C(c1ccc(C(F)(F)F)nc1)N1CCN(c2ccncc2)CC1. The summed E-state index contributed by atoms with van der Waals surface area (Å²) in [4.78, 5) is 23.5. The van der Waals surface area contributed by atoms with Gasteiger partial charge in [0.25, 0.3) is 5.91 Å². The summed E-state index contributed by atoms with van der Waals surface area (Å²) >= 11 is 0. The highest BCUT2D eigenvalue weighted by molar-refractivity contribution is 5.94. The molecule has 0 aliphatic carbocycles. The number of pyridine rings is 2. The van der Waals surface area contributed by atoms with Crippen LogP contribution in [0.25, 0.3) is 0 Å². The fourth-order valence-electron chi connectivity index (χ4n) is 2.59. The minimum atomic E-state index is -4.50. The van der Waals surface area contributed by atoms with Gasteiger partial charge < -0.3 is 9.80 Å². The first kappa shape index (κ1) is 16.2. The molecular formula is C16H15F3N4O. The van der Waals surface area contributed by atoms with Gasteiger partial charge in [-0.1, -0.05) is 0 Å². The smallest absolute Gasteiger partial charge is 0.368 e. The Hall–Kier alpha value is -2.64. The second-order valence-electron chi connectivity index (χ2n) is 5.41. The van der Waals surface area contributed by atoms with E-state index in [4.69, 9.17) is 0 Å². The molecule has 3 rings (SSSR count). The summed E-state index contributed by atoms with van der Waals surface area (Å²) in [5.74, 6) is -0.300. The molecule has 0 bridgehead atoms. The number of carbonyl (C=O) groups is 1. The molecule has 3 heterocycles. The fraction of sp³-hybridized carbons (Fsp3) is 0.312. The third kappa shape index (κ3) is 3.47. The number of aromatic nitrogens is 2. The lowest BCUT2D eigenvalue weighted by molar-refractivity contribution is -0.141. The van der Waals surface area contributed by atoms with Crippen molar-refractivity contribution in [1.82, 2.24) is 14.9 Å². The molecule has 24 heavy (non-hydrogen) atoms. The summed E-state index contributed by atoms with van der Waals surface area (Å²) in [7, 11) is 0. The van der Waals surface area contributed by atoms with Gasteiger partial charge in [-0.2, -0.15) is 13.2 Å². The maximum atomic E-state index is 12.5. The Morgan fingerprint density at radius 3 is 2.21 bits per heavy atom. The Labute approximate surface area is 136 Å². The molecule has 0 atom stereocenters. The van der Waals surface area contributed by atoms with Crippen molar-refractivity contribution in [2.45, 2.75) is 6.18 Å². The molecule has 1 amide bonds. The molecule has 2 aromatic rings. The molecule has 5 nitrogen and oxygen atoms in total. The minimum Gasteiger partial charge on any atom is -0.368 e. The van der Waals surface area contributed by atoms with Crippen LogP contribution in [0.5, 0.6) is 0 Å². The van der Waals surface area contributed by atoms with Crippen molar-refractivity contribution in [1.29, 1.82) is 0 Å². The number of carbonyl (C=O) groups excluding carboxylic acids is 1. The van der Waals surface area contributed by atoms with E-state index in [1.54, 1.807) is 17.3 Å². The number of alkyl halides is 3. The number of anilines is 1. The van der Waals surface area contributed by atoms with E-state index in [1.807, 2.05) is 12.1 Å². The molecule has 0 N–H and O–H groups in total. The molecule has 0 aromatic carbocycles. The second kappa shape index (κ2) is 6.46. The Kier molecular flexibility index (Phi) is 4.37. The van der Waals surface area contributed by atoms with Gasteiger partial charge in [-0.05, 0) is 24.3 Å². The third-order valence-corrected chi connectivity index (χ3v) is 3.90. The number of hydrogen-bond donors (Lipinski definition) is 0. The third-order valence-electron chi connectivity index (χ3n) is 3.90. The number of piperazine rings is 1. The van der Waals surface area contributed by atoms with Gasteiger partial charge in [0.05, 0.1) is 5.56 Å².